The van der Waals surface area contributed by atoms with E-state index in [4.69, 9.17) is 5.11 Å². The Morgan fingerprint density at radius 3 is 2.85 bits per heavy atom. The molecule has 0 radical (unpaired) electrons. The van der Waals surface area contributed by atoms with Gasteiger partial charge in [0.15, 0.2) is 5.69 Å². The van der Waals surface area contributed by atoms with E-state index in [1.807, 2.05) is 6.92 Å². The summed E-state index contributed by atoms with van der Waals surface area (Å²) < 4.78 is 15.9. The number of hydrogen-bond acceptors (Lipinski definition) is 3. The van der Waals surface area contributed by atoms with Crippen molar-refractivity contribution in [2.75, 3.05) is 0 Å². The molecule has 0 saturated heterocycles. The molecule has 27 heavy (non-hydrogen) atoms. The van der Waals surface area contributed by atoms with Crippen LogP contribution in [0, 0.1) is 18.7 Å². The van der Waals surface area contributed by atoms with Crippen LogP contribution in [0.3, 0.4) is 0 Å². The third kappa shape index (κ3) is 3.22. The van der Waals surface area contributed by atoms with Gasteiger partial charge in [0.25, 0.3) is 5.91 Å². The molecule has 2 atom stereocenters. The van der Waals surface area contributed by atoms with Gasteiger partial charge >= 0.3 is 5.97 Å². The molecule has 1 heterocycles. The fraction of sp³-hybridized carbons (Fsp3) is 0.450. The minimum atomic E-state index is -0.813. The van der Waals surface area contributed by atoms with E-state index in [2.05, 4.69) is 10.4 Å². The van der Waals surface area contributed by atoms with Gasteiger partial charge in [0.2, 0.25) is 0 Å². The summed E-state index contributed by atoms with van der Waals surface area (Å²) in [7, 11) is 0. The predicted molar refractivity (Wildman–Crippen MR) is 96.5 cm³/mol. The molecule has 1 aromatic carbocycles. The number of benzene rings is 1. The first kappa shape index (κ1) is 17.7. The van der Waals surface area contributed by atoms with Crippen LogP contribution in [0.5, 0.6) is 0 Å². The van der Waals surface area contributed by atoms with Gasteiger partial charge in [-0.2, -0.15) is 5.10 Å². The Balaban J connectivity index is 1.62. The molecule has 1 amide bonds. The summed E-state index contributed by atoms with van der Waals surface area (Å²) in [4.78, 5) is 23.9. The molecule has 0 unspecified atom stereocenters. The van der Waals surface area contributed by atoms with E-state index in [0.29, 0.717) is 30.6 Å². The first-order chi connectivity index (χ1) is 12.9. The zero-order valence-electron chi connectivity index (χ0n) is 15.2. The number of carbonyl (C=O) groups excluding carboxylic acids is 1. The minimum Gasteiger partial charge on any atom is -0.481 e. The summed E-state index contributed by atoms with van der Waals surface area (Å²) >= 11 is 0. The van der Waals surface area contributed by atoms with E-state index < -0.39 is 11.9 Å². The molecule has 1 aromatic heterocycles. The molecule has 142 valence electrons. The van der Waals surface area contributed by atoms with Crippen LogP contribution >= 0.6 is 0 Å². The molecule has 2 aromatic rings. The molecule has 0 bridgehead atoms. The molecule has 4 rings (SSSR count). The normalized spacial score (nSPS) is 21.3. The Labute approximate surface area is 156 Å². The van der Waals surface area contributed by atoms with Crippen LogP contribution in [0.1, 0.15) is 53.0 Å². The molecular weight excluding hydrogens is 349 g/mol. The Kier molecular flexibility index (Phi) is 4.45. The third-order valence-electron chi connectivity index (χ3n) is 5.59. The van der Waals surface area contributed by atoms with Crippen LogP contribution in [0.25, 0.3) is 5.69 Å². The summed E-state index contributed by atoms with van der Waals surface area (Å²) in [6, 6.07) is 4.70. The first-order valence-corrected chi connectivity index (χ1v) is 9.35. The van der Waals surface area contributed by atoms with Crippen LogP contribution in [0.4, 0.5) is 4.39 Å². The fourth-order valence-corrected chi connectivity index (χ4v) is 4.19. The van der Waals surface area contributed by atoms with E-state index in [1.165, 1.54) is 6.07 Å². The zero-order chi connectivity index (χ0) is 19.1. The number of amides is 1. The lowest BCUT2D eigenvalue weighted by atomic mass is 10.1. The maximum atomic E-state index is 14.4. The number of fused-ring (bicyclic) bond motifs is 1. The van der Waals surface area contributed by atoms with Crippen molar-refractivity contribution in [2.45, 2.75) is 51.5 Å². The number of halogens is 1. The van der Waals surface area contributed by atoms with Gasteiger partial charge in [0, 0.05) is 17.3 Å². The van der Waals surface area contributed by atoms with Gasteiger partial charge in [-0.05, 0) is 63.1 Å². The molecule has 2 aliphatic carbocycles. The van der Waals surface area contributed by atoms with Crippen LogP contribution in [0.15, 0.2) is 18.2 Å². The third-order valence-corrected chi connectivity index (χ3v) is 5.59. The van der Waals surface area contributed by atoms with E-state index in [1.54, 1.807) is 16.8 Å². The summed E-state index contributed by atoms with van der Waals surface area (Å²) in [6.45, 7) is 1.89. The second-order valence-electron chi connectivity index (χ2n) is 7.51. The second kappa shape index (κ2) is 6.79. The average molecular weight is 371 g/mol. The number of aliphatic carboxylic acids is 1. The minimum absolute atomic E-state index is 0.156. The topological polar surface area (TPSA) is 84.2 Å². The molecular formula is C20H22FN3O3. The van der Waals surface area contributed by atoms with E-state index in [9.17, 15) is 14.0 Å². The summed E-state index contributed by atoms with van der Waals surface area (Å²) in [5.41, 5.74) is 3.38. The van der Waals surface area contributed by atoms with Gasteiger partial charge < -0.3 is 10.4 Å². The molecule has 1 fully saturated rings. The van der Waals surface area contributed by atoms with Crippen LogP contribution in [0.2, 0.25) is 0 Å². The molecule has 7 heteroatoms. The van der Waals surface area contributed by atoms with Crippen molar-refractivity contribution in [1.82, 2.24) is 15.1 Å². The van der Waals surface area contributed by atoms with Crippen molar-refractivity contribution in [1.29, 1.82) is 0 Å². The van der Waals surface area contributed by atoms with Crippen molar-refractivity contribution in [3.05, 3.63) is 46.5 Å². The number of carbonyl (C=O) groups is 2. The summed E-state index contributed by atoms with van der Waals surface area (Å²) in [6.07, 6.45) is 4.07. The summed E-state index contributed by atoms with van der Waals surface area (Å²) in [5.74, 6) is -1.88. The van der Waals surface area contributed by atoms with Crippen molar-refractivity contribution in [3.63, 3.8) is 0 Å². The highest BCUT2D eigenvalue weighted by Crippen LogP contribution is 2.30. The predicted octanol–water partition coefficient (Wildman–Crippen LogP) is 2.79. The van der Waals surface area contributed by atoms with Crippen LogP contribution in [-0.4, -0.2) is 32.8 Å². The Morgan fingerprint density at radius 2 is 2.11 bits per heavy atom. The van der Waals surface area contributed by atoms with Gasteiger partial charge in [-0.15, -0.1) is 0 Å². The standard InChI is InChI=1S/C20H22FN3O3/c1-11-5-8-15(21)17(9-11)24-16-4-2-3-14(16)18(23-24)19(25)22-13-7-6-12(10-13)20(26)27/h5,8-9,12-13H,2-4,6-7,10H2,1H3,(H,22,25)(H,26,27)/t12-,13+/m0/s1. The van der Waals surface area contributed by atoms with Crippen LogP contribution in [-0.2, 0) is 17.6 Å². The Morgan fingerprint density at radius 1 is 1.30 bits per heavy atom. The van der Waals surface area contributed by atoms with Gasteiger partial charge in [0.05, 0.1) is 5.92 Å². The van der Waals surface area contributed by atoms with E-state index in [-0.39, 0.29) is 17.8 Å². The molecule has 0 aliphatic heterocycles. The largest absolute Gasteiger partial charge is 0.481 e. The van der Waals surface area contributed by atoms with Gasteiger partial charge in [-0.1, -0.05) is 6.07 Å². The maximum Gasteiger partial charge on any atom is 0.306 e. The molecule has 6 nitrogen and oxygen atoms in total. The lowest BCUT2D eigenvalue weighted by Crippen LogP contribution is -2.34. The SMILES string of the molecule is Cc1ccc(F)c(-n2nc(C(=O)N[C@@H]3CC[C@H](C(=O)O)C3)c3c2CCC3)c1. The average Bonchev–Trinajstić information content (AvgIpc) is 3.33. The number of nitrogens with zero attached hydrogens (tertiary/aromatic N) is 2. The number of carboxylic acids is 1. The van der Waals surface area contributed by atoms with E-state index in [0.717, 1.165) is 36.1 Å². The maximum absolute atomic E-state index is 14.4. The molecule has 1 saturated carbocycles. The lowest BCUT2D eigenvalue weighted by molar-refractivity contribution is -0.141. The zero-order valence-corrected chi connectivity index (χ0v) is 15.2. The van der Waals surface area contributed by atoms with Crippen LogP contribution < -0.4 is 5.32 Å². The second-order valence-corrected chi connectivity index (χ2v) is 7.51. The number of nitrogens with one attached hydrogen (secondary N) is 1. The molecule has 0 spiro atoms. The quantitative estimate of drug-likeness (QED) is 0.866. The number of hydrogen-bond donors (Lipinski definition) is 2. The highest BCUT2D eigenvalue weighted by Gasteiger charge is 2.33. The van der Waals surface area contributed by atoms with Gasteiger partial charge in [-0.3, -0.25) is 9.59 Å². The number of rotatable bonds is 4. The smallest absolute Gasteiger partial charge is 0.306 e. The summed E-state index contributed by atoms with van der Waals surface area (Å²) in [5, 5.41) is 16.5. The Hall–Kier alpha value is -2.70. The van der Waals surface area contributed by atoms with E-state index >= 15 is 0 Å². The van der Waals surface area contributed by atoms with Crippen molar-refractivity contribution >= 4 is 11.9 Å². The molecule has 2 aliphatic rings. The monoisotopic (exact) mass is 371 g/mol. The number of aryl methyl sites for hydroxylation is 1. The lowest BCUT2D eigenvalue weighted by Gasteiger charge is -2.12. The Bertz CT molecular complexity index is 921. The fourth-order valence-electron chi connectivity index (χ4n) is 4.19. The van der Waals surface area contributed by atoms with Crippen molar-refractivity contribution in [3.8, 4) is 5.69 Å². The van der Waals surface area contributed by atoms with Gasteiger partial charge in [-0.25, -0.2) is 9.07 Å². The van der Waals surface area contributed by atoms with Gasteiger partial charge in [0.1, 0.15) is 11.5 Å². The highest BCUT2D eigenvalue weighted by molar-refractivity contribution is 5.94. The van der Waals surface area contributed by atoms with Crippen molar-refractivity contribution in [2.24, 2.45) is 5.92 Å². The number of aromatic nitrogens is 2. The molecule has 2 N–H and O–H groups in total. The first-order valence-electron chi connectivity index (χ1n) is 9.35. The number of carboxylic acid groups (broad SMARTS) is 1. The van der Waals surface area contributed by atoms with Crippen molar-refractivity contribution < 1.29 is 19.1 Å². The highest BCUT2D eigenvalue weighted by atomic mass is 19.1.